The van der Waals surface area contributed by atoms with E-state index in [4.69, 9.17) is 23.2 Å². The number of halogens is 2. The van der Waals surface area contributed by atoms with Gasteiger partial charge in [-0.25, -0.2) is 0 Å². The highest BCUT2D eigenvalue weighted by Crippen LogP contribution is 2.38. The fraction of sp³-hybridized carbons (Fsp3) is 0.333. The minimum absolute atomic E-state index is 0.461. The lowest BCUT2D eigenvalue weighted by Crippen LogP contribution is -2.25. The van der Waals surface area contributed by atoms with Crippen LogP contribution in [0.1, 0.15) is 23.3 Å². The number of nitrogens with zero attached hydrogens (tertiary/aromatic N) is 1. The molecule has 100 valence electrons. The van der Waals surface area contributed by atoms with Crippen LogP contribution in [0.25, 0.3) is 0 Å². The summed E-state index contributed by atoms with van der Waals surface area (Å²) in [5.41, 5.74) is 2.24. The first kappa shape index (κ1) is 13.3. The zero-order valence-corrected chi connectivity index (χ0v) is 12.8. The van der Waals surface area contributed by atoms with Gasteiger partial charge in [-0.15, -0.1) is 22.9 Å². The Morgan fingerprint density at radius 3 is 2.68 bits per heavy atom. The van der Waals surface area contributed by atoms with Gasteiger partial charge >= 0.3 is 0 Å². The second-order valence-corrected chi connectivity index (χ2v) is 6.52. The molecular weight excluding hydrogens is 297 g/mol. The van der Waals surface area contributed by atoms with Crippen molar-refractivity contribution in [1.29, 1.82) is 0 Å². The van der Waals surface area contributed by atoms with Crippen molar-refractivity contribution >= 4 is 40.2 Å². The van der Waals surface area contributed by atoms with E-state index in [1.54, 1.807) is 11.3 Å². The van der Waals surface area contributed by atoms with Gasteiger partial charge in [-0.1, -0.05) is 23.7 Å². The third-order valence-electron chi connectivity index (χ3n) is 3.43. The van der Waals surface area contributed by atoms with Crippen molar-refractivity contribution < 1.29 is 0 Å². The number of hydrogen-bond donors (Lipinski definition) is 0. The molecule has 19 heavy (non-hydrogen) atoms. The molecule has 1 aliphatic rings. The van der Waals surface area contributed by atoms with Crippen LogP contribution in [0, 0.1) is 0 Å². The van der Waals surface area contributed by atoms with Crippen LogP contribution >= 0.6 is 34.5 Å². The van der Waals surface area contributed by atoms with Crippen molar-refractivity contribution in [3.8, 4) is 0 Å². The van der Waals surface area contributed by atoms with Gasteiger partial charge in [0.2, 0.25) is 0 Å². The number of thiophene rings is 1. The topological polar surface area (TPSA) is 3.24 Å². The van der Waals surface area contributed by atoms with Gasteiger partial charge in [0, 0.05) is 27.2 Å². The smallest absolute Gasteiger partial charge is 0.0526 e. The van der Waals surface area contributed by atoms with Gasteiger partial charge in [0.15, 0.2) is 0 Å². The SMILES string of the molecule is ClCc1c(Cl)cccc1N(Cc1cccs1)C1CC1. The molecule has 4 heteroatoms. The highest BCUT2D eigenvalue weighted by molar-refractivity contribution is 7.09. The third kappa shape index (κ3) is 2.91. The molecule has 3 rings (SSSR count). The van der Waals surface area contributed by atoms with Crippen LogP contribution in [0.4, 0.5) is 5.69 Å². The van der Waals surface area contributed by atoms with Crippen molar-refractivity contribution in [2.24, 2.45) is 0 Å². The van der Waals surface area contributed by atoms with Gasteiger partial charge in [0.1, 0.15) is 0 Å². The van der Waals surface area contributed by atoms with Crippen LogP contribution in [0.2, 0.25) is 5.02 Å². The molecule has 0 bridgehead atoms. The molecular formula is C15H15Cl2NS. The summed E-state index contributed by atoms with van der Waals surface area (Å²) in [4.78, 5) is 3.84. The van der Waals surface area contributed by atoms with E-state index >= 15 is 0 Å². The van der Waals surface area contributed by atoms with Gasteiger partial charge in [0.25, 0.3) is 0 Å². The van der Waals surface area contributed by atoms with Crippen LogP contribution in [0.3, 0.4) is 0 Å². The molecule has 2 aromatic rings. The summed E-state index contributed by atoms with van der Waals surface area (Å²) in [6.45, 7) is 0.951. The molecule has 0 saturated heterocycles. The van der Waals surface area contributed by atoms with E-state index < -0.39 is 0 Å². The molecule has 1 heterocycles. The Morgan fingerprint density at radius 1 is 1.21 bits per heavy atom. The summed E-state index contributed by atoms with van der Waals surface area (Å²) in [7, 11) is 0. The largest absolute Gasteiger partial charge is 0.363 e. The van der Waals surface area contributed by atoms with Crippen LogP contribution in [0.5, 0.6) is 0 Å². The van der Waals surface area contributed by atoms with Crippen LogP contribution in [0.15, 0.2) is 35.7 Å². The molecule has 1 fully saturated rings. The van der Waals surface area contributed by atoms with E-state index in [0.29, 0.717) is 11.9 Å². The average molecular weight is 312 g/mol. The lowest BCUT2D eigenvalue weighted by molar-refractivity contribution is 0.799. The number of alkyl halides is 1. The molecule has 1 aromatic carbocycles. The highest BCUT2D eigenvalue weighted by atomic mass is 35.5. The van der Waals surface area contributed by atoms with E-state index in [0.717, 1.165) is 17.1 Å². The maximum atomic E-state index is 6.27. The zero-order chi connectivity index (χ0) is 13.2. The number of anilines is 1. The lowest BCUT2D eigenvalue weighted by Gasteiger charge is -2.26. The predicted molar refractivity (Wildman–Crippen MR) is 84.5 cm³/mol. The van der Waals surface area contributed by atoms with Gasteiger partial charge in [-0.05, 0) is 36.4 Å². The summed E-state index contributed by atoms with van der Waals surface area (Å²) >= 11 is 14.2. The normalized spacial score (nSPS) is 14.6. The first-order valence-electron chi connectivity index (χ1n) is 6.42. The van der Waals surface area contributed by atoms with E-state index in [1.807, 2.05) is 12.1 Å². The molecule has 0 radical (unpaired) electrons. The van der Waals surface area contributed by atoms with E-state index in [1.165, 1.54) is 23.4 Å². The Balaban J connectivity index is 1.94. The molecule has 1 aromatic heterocycles. The zero-order valence-electron chi connectivity index (χ0n) is 10.5. The summed E-state index contributed by atoms with van der Waals surface area (Å²) in [6, 6.07) is 11.0. The van der Waals surface area contributed by atoms with Crippen molar-refractivity contribution in [1.82, 2.24) is 0 Å². The van der Waals surface area contributed by atoms with Crippen LogP contribution in [-0.4, -0.2) is 6.04 Å². The Morgan fingerprint density at radius 2 is 2.05 bits per heavy atom. The fourth-order valence-electron chi connectivity index (χ4n) is 2.32. The quantitative estimate of drug-likeness (QED) is 0.676. The number of hydrogen-bond acceptors (Lipinski definition) is 2. The molecule has 0 spiro atoms. The Kier molecular flexibility index (Phi) is 4.01. The molecule has 1 aliphatic carbocycles. The van der Waals surface area contributed by atoms with Crippen molar-refractivity contribution in [3.63, 3.8) is 0 Å². The van der Waals surface area contributed by atoms with Gasteiger partial charge in [0.05, 0.1) is 12.4 Å². The second-order valence-electron chi connectivity index (χ2n) is 4.81. The Hall–Kier alpha value is -0.700. The highest BCUT2D eigenvalue weighted by Gasteiger charge is 2.30. The fourth-order valence-corrected chi connectivity index (χ4v) is 3.60. The molecule has 0 amide bonds. The van der Waals surface area contributed by atoms with Gasteiger partial charge in [-0.2, -0.15) is 0 Å². The minimum atomic E-state index is 0.461. The van der Waals surface area contributed by atoms with Crippen LogP contribution < -0.4 is 4.90 Å². The monoisotopic (exact) mass is 311 g/mol. The number of benzene rings is 1. The van der Waals surface area contributed by atoms with E-state index in [-0.39, 0.29) is 0 Å². The molecule has 0 N–H and O–H groups in total. The molecule has 1 nitrogen and oxygen atoms in total. The molecule has 1 saturated carbocycles. The van der Waals surface area contributed by atoms with Crippen molar-refractivity contribution in [2.75, 3.05) is 4.90 Å². The molecule has 0 unspecified atom stereocenters. The standard InChI is InChI=1S/C15H15Cl2NS/c16-9-13-14(17)4-1-5-15(13)18(11-6-7-11)10-12-3-2-8-19-12/h1-5,8,11H,6-7,9-10H2. The lowest BCUT2D eigenvalue weighted by atomic mass is 10.1. The summed E-state index contributed by atoms with van der Waals surface area (Å²) in [5, 5.41) is 2.89. The maximum absolute atomic E-state index is 6.27. The molecule has 0 atom stereocenters. The summed E-state index contributed by atoms with van der Waals surface area (Å²) in [6.07, 6.45) is 2.53. The van der Waals surface area contributed by atoms with Gasteiger partial charge < -0.3 is 4.90 Å². The summed E-state index contributed by atoms with van der Waals surface area (Å²) in [5.74, 6) is 0.461. The first-order valence-corrected chi connectivity index (χ1v) is 8.21. The Labute approximate surface area is 127 Å². The maximum Gasteiger partial charge on any atom is 0.0526 e. The Bertz CT molecular complexity index is 549. The molecule has 0 aliphatic heterocycles. The first-order chi connectivity index (χ1) is 9.29. The van der Waals surface area contributed by atoms with E-state index in [2.05, 4.69) is 28.5 Å². The minimum Gasteiger partial charge on any atom is -0.363 e. The number of rotatable bonds is 5. The van der Waals surface area contributed by atoms with Crippen molar-refractivity contribution in [3.05, 3.63) is 51.2 Å². The predicted octanol–water partition coefficient (Wildman–Crippen LogP) is 5.31. The summed E-state index contributed by atoms with van der Waals surface area (Å²) < 4.78 is 0. The van der Waals surface area contributed by atoms with Crippen LogP contribution in [-0.2, 0) is 12.4 Å². The van der Waals surface area contributed by atoms with Gasteiger partial charge in [-0.3, -0.25) is 0 Å². The van der Waals surface area contributed by atoms with Crippen molar-refractivity contribution in [2.45, 2.75) is 31.3 Å². The second kappa shape index (κ2) is 5.74. The average Bonchev–Trinajstić information content (AvgIpc) is 3.13. The third-order valence-corrected chi connectivity index (χ3v) is 4.91. The van der Waals surface area contributed by atoms with E-state index in [9.17, 15) is 0 Å².